The highest BCUT2D eigenvalue weighted by Crippen LogP contribution is 2.22. The Bertz CT molecular complexity index is 513. The van der Waals surface area contributed by atoms with Crippen LogP contribution in [0.5, 0.6) is 0 Å². The number of hydrogen-bond acceptors (Lipinski definition) is 3. The summed E-state index contributed by atoms with van der Waals surface area (Å²) in [6.07, 6.45) is 6.36. The van der Waals surface area contributed by atoms with Crippen LogP contribution in [-0.4, -0.2) is 33.7 Å². The smallest absolute Gasteiger partial charge is 0.227 e. The van der Waals surface area contributed by atoms with E-state index in [1.807, 2.05) is 45.6 Å². The first-order valence-corrected chi connectivity index (χ1v) is 7.50. The molecule has 0 N–H and O–H groups in total. The molecule has 1 aliphatic heterocycles. The number of hydrogen-bond donors (Lipinski definition) is 0. The molecule has 4 nitrogen and oxygen atoms in total. The SMILES string of the molecule is O=C(Cc1cccs1)N1CCC(n2cccn2)CC1. The molecule has 0 saturated carbocycles. The number of piperidine rings is 1. The predicted octanol–water partition coefficient (Wildman–Crippen LogP) is 2.35. The van der Waals surface area contributed by atoms with E-state index in [0.717, 1.165) is 30.8 Å². The van der Waals surface area contributed by atoms with Crippen molar-refractivity contribution in [2.45, 2.75) is 25.3 Å². The van der Waals surface area contributed by atoms with E-state index < -0.39 is 0 Å². The molecule has 19 heavy (non-hydrogen) atoms. The van der Waals surface area contributed by atoms with Gasteiger partial charge in [0.25, 0.3) is 0 Å². The van der Waals surface area contributed by atoms with Crippen molar-refractivity contribution >= 4 is 17.2 Å². The van der Waals surface area contributed by atoms with Gasteiger partial charge in [0, 0.05) is 30.4 Å². The molecular formula is C14H17N3OS. The Labute approximate surface area is 116 Å². The number of carbonyl (C=O) groups is 1. The number of aromatic nitrogens is 2. The number of thiophene rings is 1. The Kier molecular flexibility index (Phi) is 3.64. The lowest BCUT2D eigenvalue weighted by molar-refractivity contribution is -0.131. The molecule has 1 fully saturated rings. The number of amides is 1. The molecule has 0 aromatic carbocycles. The average molecular weight is 275 g/mol. The van der Waals surface area contributed by atoms with Crippen molar-refractivity contribution in [3.8, 4) is 0 Å². The van der Waals surface area contributed by atoms with Gasteiger partial charge < -0.3 is 4.90 Å². The highest BCUT2D eigenvalue weighted by Gasteiger charge is 2.23. The highest BCUT2D eigenvalue weighted by atomic mass is 32.1. The maximum absolute atomic E-state index is 12.2. The third-order valence-electron chi connectivity index (χ3n) is 3.62. The van der Waals surface area contributed by atoms with Crippen molar-refractivity contribution < 1.29 is 4.79 Å². The van der Waals surface area contributed by atoms with Crippen LogP contribution < -0.4 is 0 Å². The predicted molar refractivity (Wildman–Crippen MR) is 75.1 cm³/mol. The summed E-state index contributed by atoms with van der Waals surface area (Å²) in [5.41, 5.74) is 0. The minimum Gasteiger partial charge on any atom is -0.342 e. The fourth-order valence-electron chi connectivity index (χ4n) is 2.55. The maximum atomic E-state index is 12.2. The summed E-state index contributed by atoms with van der Waals surface area (Å²) in [7, 11) is 0. The van der Waals surface area contributed by atoms with E-state index in [0.29, 0.717) is 12.5 Å². The Hall–Kier alpha value is -1.62. The van der Waals surface area contributed by atoms with Crippen LogP contribution in [0.15, 0.2) is 36.0 Å². The Morgan fingerprint density at radius 1 is 1.37 bits per heavy atom. The van der Waals surface area contributed by atoms with Crippen LogP contribution in [0, 0.1) is 0 Å². The van der Waals surface area contributed by atoms with Crippen molar-refractivity contribution in [2.75, 3.05) is 13.1 Å². The molecule has 0 atom stereocenters. The van der Waals surface area contributed by atoms with Gasteiger partial charge in [-0.1, -0.05) is 6.07 Å². The van der Waals surface area contributed by atoms with E-state index in [1.54, 1.807) is 11.3 Å². The molecule has 100 valence electrons. The summed E-state index contributed by atoms with van der Waals surface area (Å²) < 4.78 is 2.01. The molecule has 1 saturated heterocycles. The van der Waals surface area contributed by atoms with Crippen molar-refractivity contribution in [3.63, 3.8) is 0 Å². The average Bonchev–Trinajstić information content (AvgIpc) is 3.12. The molecule has 3 heterocycles. The van der Waals surface area contributed by atoms with Gasteiger partial charge >= 0.3 is 0 Å². The monoisotopic (exact) mass is 275 g/mol. The second kappa shape index (κ2) is 5.57. The first kappa shape index (κ1) is 12.4. The number of nitrogens with zero attached hydrogens (tertiary/aromatic N) is 3. The van der Waals surface area contributed by atoms with Gasteiger partial charge in [-0.3, -0.25) is 9.48 Å². The zero-order chi connectivity index (χ0) is 13.1. The number of rotatable bonds is 3. The lowest BCUT2D eigenvalue weighted by Crippen LogP contribution is -2.39. The number of carbonyl (C=O) groups excluding carboxylic acids is 1. The molecule has 0 aliphatic carbocycles. The van der Waals surface area contributed by atoms with Crippen LogP contribution in [0.25, 0.3) is 0 Å². The minimum atomic E-state index is 0.251. The first-order valence-electron chi connectivity index (χ1n) is 6.62. The van der Waals surface area contributed by atoms with Gasteiger partial charge in [0.2, 0.25) is 5.91 Å². The van der Waals surface area contributed by atoms with E-state index in [1.165, 1.54) is 0 Å². The lowest BCUT2D eigenvalue weighted by atomic mass is 10.0. The molecule has 2 aromatic heterocycles. The van der Waals surface area contributed by atoms with Gasteiger partial charge in [-0.2, -0.15) is 5.10 Å². The summed E-state index contributed by atoms with van der Waals surface area (Å²) in [5, 5.41) is 6.31. The standard InChI is InChI=1S/C14H17N3OS/c18-14(11-13-3-1-10-19-13)16-8-4-12(5-9-16)17-7-2-6-15-17/h1-3,6-7,10,12H,4-5,8-9,11H2. The van der Waals surface area contributed by atoms with E-state index in [-0.39, 0.29) is 5.91 Å². The molecule has 0 bridgehead atoms. The third kappa shape index (κ3) is 2.87. The Balaban J connectivity index is 1.54. The molecule has 1 amide bonds. The van der Waals surface area contributed by atoms with Crippen LogP contribution in [0.3, 0.4) is 0 Å². The number of likely N-dealkylation sites (tertiary alicyclic amines) is 1. The largest absolute Gasteiger partial charge is 0.342 e. The van der Waals surface area contributed by atoms with E-state index >= 15 is 0 Å². The van der Waals surface area contributed by atoms with Gasteiger partial charge in [-0.05, 0) is 30.4 Å². The van der Waals surface area contributed by atoms with Crippen LogP contribution in [0.2, 0.25) is 0 Å². The molecule has 5 heteroatoms. The molecule has 2 aromatic rings. The van der Waals surface area contributed by atoms with Crippen LogP contribution in [-0.2, 0) is 11.2 Å². The zero-order valence-electron chi connectivity index (χ0n) is 10.7. The van der Waals surface area contributed by atoms with Crippen LogP contribution in [0.1, 0.15) is 23.8 Å². The normalized spacial score (nSPS) is 16.7. The van der Waals surface area contributed by atoms with Crippen molar-refractivity contribution in [2.24, 2.45) is 0 Å². The van der Waals surface area contributed by atoms with E-state index in [2.05, 4.69) is 5.10 Å². The summed E-state index contributed by atoms with van der Waals surface area (Å²) >= 11 is 1.65. The Morgan fingerprint density at radius 3 is 2.84 bits per heavy atom. The summed E-state index contributed by atoms with van der Waals surface area (Å²) in [5.74, 6) is 0.251. The quantitative estimate of drug-likeness (QED) is 0.862. The van der Waals surface area contributed by atoms with Gasteiger partial charge in [-0.25, -0.2) is 0 Å². The molecule has 0 spiro atoms. The molecule has 0 radical (unpaired) electrons. The minimum absolute atomic E-state index is 0.251. The summed E-state index contributed by atoms with van der Waals surface area (Å²) in [4.78, 5) is 15.3. The zero-order valence-corrected chi connectivity index (χ0v) is 11.6. The highest BCUT2D eigenvalue weighted by molar-refractivity contribution is 7.10. The van der Waals surface area contributed by atoms with Crippen LogP contribution in [0.4, 0.5) is 0 Å². The first-order chi connectivity index (χ1) is 9.33. The lowest BCUT2D eigenvalue weighted by Gasteiger charge is -2.32. The fraction of sp³-hybridized carbons (Fsp3) is 0.429. The van der Waals surface area contributed by atoms with Gasteiger partial charge in [0.05, 0.1) is 12.5 Å². The maximum Gasteiger partial charge on any atom is 0.227 e. The molecule has 3 rings (SSSR count). The Morgan fingerprint density at radius 2 is 2.21 bits per heavy atom. The molecule has 1 aliphatic rings. The van der Waals surface area contributed by atoms with E-state index in [4.69, 9.17) is 0 Å². The fourth-order valence-corrected chi connectivity index (χ4v) is 3.25. The molecular weight excluding hydrogens is 258 g/mol. The summed E-state index contributed by atoms with van der Waals surface area (Å²) in [6.45, 7) is 1.68. The molecule has 0 unspecified atom stereocenters. The van der Waals surface area contributed by atoms with Gasteiger partial charge in [0.1, 0.15) is 0 Å². The van der Waals surface area contributed by atoms with Crippen molar-refractivity contribution in [1.29, 1.82) is 0 Å². The van der Waals surface area contributed by atoms with Crippen molar-refractivity contribution in [1.82, 2.24) is 14.7 Å². The second-order valence-corrected chi connectivity index (χ2v) is 5.89. The van der Waals surface area contributed by atoms with Crippen molar-refractivity contribution in [3.05, 3.63) is 40.8 Å². The topological polar surface area (TPSA) is 38.1 Å². The van der Waals surface area contributed by atoms with Gasteiger partial charge in [0.15, 0.2) is 0 Å². The van der Waals surface area contributed by atoms with Gasteiger partial charge in [-0.15, -0.1) is 11.3 Å². The second-order valence-electron chi connectivity index (χ2n) is 4.85. The van der Waals surface area contributed by atoms with Crippen LogP contribution >= 0.6 is 11.3 Å². The third-order valence-corrected chi connectivity index (χ3v) is 4.50. The van der Waals surface area contributed by atoms with E-state index in [9.17, 15) is 4.79 Å². The summed E-state index contributed by atoms with van der Waals surface area (Å²) in [6, 6.07) is 6.42.